The summed E-state index contributed by atoms with van der Waals surface area (Å²) in [5, 5.41) is 15.7. The van der Waals surface area contributed by atoms with Crippen LogP contribution < -0.4 is 0 Å². The predicted octanol–water partition coefficient (Wildman–Crippen LogP) is 4.94. The van der Waals surface area contributed by atoms with Crippen LogP contribution >= 0.6 is 24.0 Å². The van der Waals surface area contributed by atoms with Crippen molar-refractivity contribution in [3.63, 3.8) is 0 Å². The molecule has 35 heavy (non-hydrogen) atoms. The van der Waals surface area contributed by atoms with Crippen LogP contribution in [0.2, 0.25) is 0 Å². The van der Waals surface area contributed by atoms with E-state index in [1.807, 2.05) is 27.0 Å². The molecule has 0 aromatic rings. The molecule has 6 nitrogen and oxygen atoms in total. The van der Waals surface area contributed by atoms with Crippen molar-refractivity contribution >= 4 is 34.3 Å². The molecule has 9 heteroatoms. The van der Waals surface area contributed by atoms with Gasteiger partial charge >= 0.3 is 5.97 Å². The molecule has 3 fully saturated rings. The maximum absolute atomic E-state index is 13.1. The summed E-state index contributed by atoms with van der Waals surface area (Å²) in [5.74, 6) is 0.274. The van der Waals surface area contributed by atoms with Gasteiger partial charge in [0, 0.05) is 62.0 Å². The number of hydrogen-bond acceptors (Lipinski definition) is 8. The molecule has 0 bridgehead atoms. The summed E-state index contributed by atoms with van der Waals surface area (Å²) in [4.78, 5) is 13.1. The molecule has 2 N–H and O–H groups in total. The normalized spacial score (nSPS) is 37.9. The van der Waals surface area contributed by atoms with Gasteiger partial charge in [-0.25, -0.2) is 4.79 Å². The van der Waals surface area contributed by atoms with Gasteiger partial charge in [-0.3, -0.25) is 0 Å². The first-order valence-electron chi connectivity index (χ1n) is 13.1. The van der Waals surface area contributed by atoms with Crippen molar-refractivity contribution in [3.05, 3.63) is 0 Å². The number of aliphatic hydroxyl groups excluding tert-OH is 2. The minimum absolute atomic E-state index is 0. The largest absolute Gasteiger partial charge is 0.471 e. The number of thioether (sulfide) groups is 1. The van der Waals surface area contributed by atoms with Crippen molar-refractivity contribution in [1.82, 2.24) is 0 Å². The van der Waals surface area contributed by atoms with E-state index in [9.17, 15) is 9.90 Å². The van der Waals surface area contributed by atoms with Gasteiger partial charge in [0.2, 0.25) is 17.7 Å². The maximum atomic E-state index is 13.1. The molecular formula is C26H44AcO6S2. The molecule has 2 aliphatic carbocycles. The standard InChI is InChI=1S/C26H44O6S2.Ac/c1-15(17-10-11-18-19(28)9-8-12-25(17,18)5)13-16(14-27)20(30-23(33)34-7)26(6)21(29)31-22(32-26)24(2,3)4;/h15-20,22,27-28H,8-14H2,1-7H3;/t15-,16+,17-,18?,19+,20?,22-,25-,26-;/m1./s1/i28T;. The Morgan fingerprint density at radius 3 is 2.57 bits per heavy atom. The fourth-order valence-electron chi connectivity index (χ4n) is 6.89. The number of carbonyl (C=O) groups is 1. The second-order valence-corrected chi connectivity index (χ2v) is 13.6. The van der Waals surface area contributed by atoms with E-state index in [-0.39, 0.29) is 74.0 Å². The first kappa shape index (κ1) is 30.6. The van der Waals surface area contributed by atoms with Gasteiger partial charge in [0.25, 0.3) is 0 Å². The molecule has 0 spiro atoms. The smallest absolute Gasteiger partial charge is 0.344 e. The van der Waals surface area contributed by atoms with E-state index in [1.54, 1.807) is 6.92 Å². The van der Waals surface area contributed by atoms with Crippen molar-refractivity contribution < 1.29 is 73.3 Å². The fourth-order valence-corrected chi connectivity index (χ4v) is 7.19. The molecule has 0 amide bonds. The third kappa shape index (κ3) is 6.61. The maximum Gasteiger partial charge on any atom is 0.344 e. The second-order valence-electron chi connectivity index (χ2n) is 12.2. The van der Waals surface area contributed by atoms with Gasteiger partial charge in [-0.2, -0.15) is 0 Å². The van der Waals surface area contributed by atoms with Crippen LogP contribution in [-0.4, -0.2) is 59.0 Å². The van der Waals surface area contributed by atoms with Gasteiger partial charge in [-0.05, 0) is 80.7 Å². The summed E-state index contributed by atoms with van der Waals surface area (Å²) in [5.41, 5.74) is -1.66. The number of esters is 1. The van der Waals surface area contributed by atoms with E-state index < -0.39 is 29.4 Å². The summed E-state index contributed by atoms with van der Waals surface area (Å²) in [6.07, 6.45) is 6.34. The quantitative estimate of drug-likeness (QED) is 0.268. The molecule has 1 aliphatic heterocycles. The molecule has 0 aromatic carbocycles. The van der Waals surface area contributed by atoms with Gasteiger partial charge in [0.05, 0.1) is 6.10 Å². The van der Waals surface area contributed by atoms with Gasteiger partial charge in [-0.15, -0.1) is 0 Å². The molecule has 3 rings (SSSR count). The van der Waals surface area contributed by atoms with Crippen molar-refractivity contribution in [1.29, 1.82) is 1.43 Å². The van der Waals surface area contributed by atoms with Crippen LogP contribution in [0, 0.1) is 78.6 Å². The molecule has 1 saturated heterocycles. The molecule has 2 unspecified atom stereocenters. The number of rotatable bonds is 8. The molecule has 1 heterocycles. The van der Waals surface area contributed by atoms with E-state index in [2.05, 4.69) is 13.8 Å². The van der Waals surface area contributed by atoms with Crippen LogP contribution in [0.15, 0.2) is 0 Å². The summed E-state index contributed by atoms with van der Waals surface area (Å²) in [6, 6.07) is 0. The average molecular weight is 746 g/mol. The third-order valence-corrected chi connectivity index (χ3v) is 9.80. The monoisotopic (exact) mass is 745 g/mol. The van der Waals surface area contributed by atoms with Crippen LogP contribution in [0.4, 0.5) is 0 Å². The Morgan fingerprint density at radius 1 is 1.34 bits per heavy atom. The zero-order valence-corrected chi connectivity index (χ0v) is 28.8. The molecular weight excluding hydrogens is 699 g/mol. The number of fused-ring (bicyclic) bond motifs is 1. The summed E-state index contributed by atoms with van der Waals surface area (Å²) in [7, 11) is 0. The number of carbonyl (C=O) groups excluding carboxylic acids is 1. The minimum atomic E-state index is -1.37. The van der Waals surface area contributed by atoms with Gasteiger partial charge < -0.3 is 24.4 Å². The van der Waals surface area contributed by atoms with Crippen LogP contribution in [0.3, 0.4) is 0 Å². The van der Waals surface area contributed by atoms with Gasteiger partial charge in [0.15, 0.2) is 0 Å². The molecule has 2 saturated carbocycles. The van der Waals surface area contributed by atoms with E-state index >= 15 is 0 Å². The Kier molecular flexibility index (Phi) is 10.9. The van der Waals surface area contributed by atoms with E-state index in [1.165, 1.54) is 11.8 Å². The Hall–Kier alpha value is 1.03. The number of hydrogen-bond donors (Lipinski definition) is 2. The number of thiocarbonyl (C=S) groups is 1. The molecule has 0 aromatic heterocycles. The zero-order valence-electron chi connectivity index (χ0n) is 23.4. The van der Waals surface area contributed by atoms with Crippen molar-refractivity contribution in [3.8, 4) is 0 Å². The Bertz CT molecular complexity index is 782. The van der Waals surface area contributed by atoms with Gasteiger partial charge in [0.1, 0.15) is 6.10 Å². The first-order valence-corrected chi connectivity index (χ1v) is 14.3. The SMILES string of the molecule is [3H]O[C@H]1CCC[C@@]2(C)C1CC[C@@H]2[C@H](C)C[C@@H](CO)C(OC(=S)SC)[C@@]1(C)O[C@H](C(C)(C)C)OC1=O.[Ac]. The van der Waals surface area contributed by atoms with E-state index in [4.69, 9.17) is 33.0 Å². The Labute approximate surface area is 258 Å². The molecule has 9 atom stereocenters. The summed E-state index contributed by atoms with van der Waals surface area (Å²) < 4.78 is 25.9. The molecule has 3 aliphatic rings. The third-order valence-electron chi connectivity index (χ3n) is 8.77. The fraction of sp³-hybridized carbons (Fsp3) is 0.923. The predicted molar refractivity (Wildman–Crippen MR) is 138 cm³/mol. The number of aliphatic hydroxyl groups is 2. The van der Waals surface area contributed by atoms with Crippen LogP contribution in [0.5, 0.6) is 0 Å². The Balaban J connectivity index is 0.00000456. The topological polar surface area (TPSA) is 85.2 Å². The van der Waals surface area contributed by atoms with E-state index in [0.717, 1.165) is 32.1 Å². The van der Waals surface area contributed by atoms with Crippen molar-refractivity contribution in [2.75, 3.05) is 12.9 Å². The zero-order chi connectivity index (χ0) is 26.2. The van der Waals surface area contributed by atoms with Gasteiger partial charge in [-0.1, -0.05) is 52.8 Å². The number of cyclic esters (lactones) is 1. The summed E-state index contributed by atoms with van der Waals surface area (Å²) in [6.45, 7) is 12.0. The van der Waals surface area contributed by atoms with E-state index in [0.29, 0.717) is 22.6 Å². The van der Waals surface area contributed by atoms with Crippen molar-refractivity contribution in [2.45, 2.75) is 104 Å². The first-order chi connectivity index (χ1) is 16.3. The average Bonchev–Trinajstić information content (AvgIpc) is 3.32. The van der Waals surface area contributed by atoms with Crippen LogP contribution in [0.1, 0.15) is 80.1 Å². The number of ether oxygens (including phenoxy) is 3. The van der Waals surface area contributed by atoms with Crippen LogP contribution in [0.25, 0.3) is 0 Å². The molecule has 1 radical (unpaired) electrons. The summed E-state index contributed by atoms with van der Waals surface area (Å²) >= 11 is 6.68. The molecule has 199 valence electrons. The van der Waals surface area contributed by atoms with Crippen LogP contribution in [-0.2, 0) is 19.0 Å². The Morgan fingerprint density at radius 2 is 2.03 bits per heavy atom. The second kappa shape index (κ2) is 12.5. The minimum Gasteiger partial charge on any atom is -0.471 e. The van der Waals surface area contributed by atoms with Crippen molar-refractivity contribution in [2.24, 2.45) is 34.5 Å².